The van der Waals surface area contributed by atoms with Gasteiger partial charge in [0.25, 0.3) is 0 Å². The summed E-state index contributed by atoms with van der Waals surface area (Å²) in [6.45, 7) is 4.55. The number of anilines is 1. The van der Waals surface area contributed by atoms with Gasteiger partial charge in [0.15, 0.2) is 0 Å². The zero-order chi connectivity index (χ0) is 17.3. The lowest BCUT2D eigenvalue weighted by Gasteiger charge is -2.14. The van der Waals surface area contributed by atoms with Gasteiger partial charge in [0.1, 0.15) is 23.2 Å². The predicted octanol–water partition coefficient (Wildman–Crippen LogP) is 3.51. The molecule has 1 N–H and O–H groups in total. The Kier molecular flexibility index (Phi) is 4.79. The van der Waals surface area contributed by atoms with Crippen molar-refractivity contribution >= 4 is 33.2 Å². The minimum Gasteiger partial charge on any atom is -0.322 e. The molecule has 0 saturated heterocycles. The van der Waals surface area contributed by atoms with Gasteiger partial charge in [-0.1, -0.05) is 15.9 Å². The van der Waals surface area contributed by atoms with Crippen LogP contribution in [0, 0.1) is 29.8 Å². The van der Waals surface area contributed by atoms with E-state index in [4.69, 9.17) is 0 Å². The molecule has 7 nitrogen and oxygen atoms in total. The van der Waals surface area contributed by atoms with E-state index in [1.165, 1.54) is 37.6 Å². The van der Waals surface area contributed by atoms with Gasteiger partial charge in [-0.15, -0.1) is 0 Å². The molecule has 2 rings (SSSR count). The molecule has 0 radical (unpaired) electrons. The molecule has 2 aromatic rings. The molecule has 1 atom stereocenters. The number of aryl methyl sites for hydroxylation is 1. The number of aromatic nitrogens is 2. The van der Waals surface area contributed by atoms with E-state index in [0.717, 1.165) is 0 Å². The highest BCUT2D eigenvalue weighted by atomic mass is 79.9. The number of carbonyl (C=O) groups is 1. The maximum atomic E-state index is 13.8. The third-order valence-corrected chi connectivity index (χ3v) is 3.90. The quantitative estimate of drug-likeness (QED) is 0.644. The van der Waals surface area contributed by atoms with Crippen LogP contribution in [0.4, 0.5) is 15.8 Å². The van der Waals surface area contributed by atoms with Crippen LogP contribution in [0.15, 0.2) is 22.7 Å². The molecule has 1 aromatic carbocycles. The van der Waals surface area contributed by atoms with Crippen LogP contribution in [0.1, 0.15) is 24.4 Å². The van der Waals surface area contributed by atoms with E-state index in [1.807, 2.05) is 0 Å². The minimum atomic E-state index is -0.828. The summed E-state index contributed by atoms with van der Waals surface area (Å²) in [7, 11) is 0. The number of benzene rings is 1. The van der Waals surface area contributed by atoms with Crippen LogP contribution in [0.25, 0.3) is 0 Å². The summed E-state index contributed by atoms with van der Waals surface area (Å²) >= 11 is 3.13. The standard InChI is InChI=1S/C14H14BrFN4O3/c1-7-13(20(22)23)8(2)19(18-7)9(3)14(21)17-12-5-4-10(15)6-11(12)16/h4-6,9H,1-3H3,(H,17,21). The maximum absolute atomic E-state index is 13.8. The van der Waals surface area contributed by atoms with Crippen molar-refractivity contribution in [2.24, 2.45) is 0 Å². The van der Waals surface area contributed by atoms with Crippen LogP contribution in [0.5, 0.6) is 0 Å². The number of hydrogen-bond acceptors (Lipinski definition) is 4. The Bertz CT molecular complexity index is 791. The molecule has 0 bridgehead atoms. The zero-order valence-corrected chi connectivity index (χ0v) is 14.2. The van der Waals surface area contributed by atoms with Crippen molar-refractivity contribution in [3.05, 3.63) is 50.0 Å². The van der Waals surface area contributed by atoms with Gasteiger partial charge in [0, 0.05) is 4.47 Å². The fourth-order valence-corrected chi connectivity index (χ4v) is 2.57. The van der Waals surface area contributed by atoms with E-state index in [0.29, 0.717) is 4.47 Å². The molecule has 1 amide bonds. The highest BCUT2D eigenvalue weighted by molar-refractivity contribution is 9.10. The highest BCUT2D eigenvalue weighted by Gasteiger charge is 2.27. The number of hydrogen-bond donors (Lipinski definition) is 1. The van der Waals surface area contributed by atoms with Gasteiger partial charge in [0.05, 0.1) is 10.6 Å². The first-order valence-corrected chi connectivity index (χ1v) is 7.47. The monoisotopic (exact) mass is 384 g/mol. The summed E-state index contributed by atoms with van der Waals surface area (Å²) in [4.78, 5) is 22.8. The molecule has 1 unspecified atom stereocenters. The lowest BCUT2D eigenvalue weighted by Crippen LogP contribution is -2.25. The molecule has 0 aliphatic rings. The molecule has 23 heavy (non-hydrogen) atoms. The predicted molar refractivity (Wildman–Crippen MR) is 85.8 cm³/mol. The number of nitro groups is 1. The molecule has 1 aromatic heterocycles. The van der Waals surface area contributed by atoms with Gasteiger partial charge in [-0.05, 0) is 39.0 Å². The Hall–Kier alpha value is -2.29. The molecule has 122 valence electrons. The first kappa shape index (κ1) is 17.1. The SMILES string of the molecule is Cc1nn(C(C)C(=O)Nc2ccc(Br)cc2F)c(C)c1[N+](=O)[O-]. The van der Waals surface area contributed by atoms with E-state index in [2.05, 4.69) is 26.3 Å². The molecular weight excluding hydrogens is 371 g/mol. The van der Waals surface area contributed by atoms with Crippen LogP contribution in [-0.4, -0.2) is 20.6 Å². The fourth-order valence-electron chi connectivity index (χ4n) is 2.23. The number of nitrogens with zero attached hydrogens (tertiary/aromatic N) is 3. The normalized spacial score (nSPS) is 12.0. The second kappa shape index (κ2) is 6.45. The first-order chi connectivity index (χ1) is 10.7. The zero-order valence-electron chi connectivity index (χ0n) is 12.6. The van der Waals surface area contributed by atoms with Crippen LogP contribution in [0.3, 0.4) is 0 Å². The molecule has 9 heteroatoms. The third kappa shape index (κ3) is 3.39. The Balaban J connectivity index is 2.27. The fraction of sp³-hybridized carbons (Fsp3) is 0.286. The van der Waals surface area contributed by atoms with Crippen molar-refractivity contribution in [1.29, 1.82) is 0 Å². The molecule has 0 fully saturated rings. The highest BCUT2D eigenvalue weighted by Crippen LogP contribution is 2.26. The largest absolute Gasteiger partial charge is 0.322 e. The Morgan fingerprint density at radius 2 is 2.13 bits per heavy atom. The molecule has 0 aliphatic carbocycles. The van der Waals surface area contributed by atoms with Gasteiger partial charge in [-0.25, -0.2) is 4.39 Å². The first-order valence-electron chi connectivity index (χ1n) is 6.68. The topological polar surface area (TPSA) is 90.1 Å². The van der Waals surface area contributed by atoms with Crippen LogP contribution < -0.4 is 5.32 Å². The molecule has 0 saturated carbocycles. The Morgan fingerprint density at radius 3 is 2.65 bits per heavy atom. The van der Waals surface area contributed by atoms with E-state index in [9.17, 15) is 19.3 Å². The molecule has 1 heterocycles. The van der Waals surface area contributed by atoms with Gasteiger partial charge in [0.2, 0.25) is 5.91 Å². The number of rotatable bonds is 4. The second-order valence-corrected chi connectivity index (χ2v) is 5.93. The van der Waals surface area contributed by atoms with Crippen molar-refractivity contribution in [2.75, 3.05) is 5.32 Å². The number of halogens is 2. The summed E-state index contributed by atoms with van der Waals surface area (Å²) in [5, 5.41) is 17.5. The number of nitrogens with one attached hydrogen (secondary N) is 1. The summed E-state index contributed by atoms with van der Waals surface area (Å²) in [6.07, 6.45) is 0. The molecule has 0 aliphatic heterocycles. The van der Waals surface area contributed by atoms with Crippen LogP contribution >= 0.6 is 15.9 Å². The van der Waals surface area contributed by atoms with E-state index < -0.39 is 22.7 Å². The van der Waals surface area contributed by atoms with Crippen LogP contribution in [0.2, 0.25) is 0 Å². The summed E-state index contributed by atoms with van der Waals surface area (Å²) in [5.74, 6) is -1.11. The Labute approximate surface area is 139 Å². The van der Waals surface area contributed by atoms with Gasteiger partial charge < -0.3 is 5.32 Å². The smallest absolute Gasteiger partial charge is 0.312 e. The maximum Gasteiger partial charge on any atom is 0.312 e. The third-order valence-electron chi connectivity index (χ3n) is 3.40. The van der Waals surface area contributed by atoms with E-state index >= 15 is 0 Å². The lowest BCUT2D eigenvalue weighted by molar-refractivity contribution is -0.386. The second-order valence-electron chi connectivity index (χ2n) is 5.01. The van der Waals surface area contributed by atoms with Crippen molar-refractivity contribution in [1.82, 2.24) is 9.78 Å². The molecule has 0 spiro atoms. The van der Waals surface area contributed by atoms with Crippen molar-refractivity contribution < 1.29 is 14.1 Å². The number of amides is 1. The Morgan fingerprint density at radius 1 is 1.48 bits per heavy atom. The van der Waals surface area contributed by atoms with Gasteiger partial charge in [-0.2, -0.15) is 5.10 Å². The average molecular weight is 385 g/mol. The average Bonchev–Trinajstić information content (AvgIpc) is 2.76. The van der Waals surface area contributed by atoms with Crippen molar-refractivity contribution in [3.63, 3.8) is 0 Å². The summed E-state index contributed by atoms with van der Waals surface area (Å²) in [6, 6.07) is 3.42. The van der Waals surface area contributed by atoms with Gasteiger partial charge >= 0.3 is 5.69 Å². The summed E-state index contributed by atoms with van der Waals surface area (Å²) < 4.78 is 15.6. The van der Waals surface area contributed by atoms with E-state index in [1.54, 1.807) is 6.07 Å². The van der Waals surface area contributed by atoms with E-state index in [-0.39, 0.29) is 22.8 Å². The van der Waals surface area contributed by atoms with Crippen molar-refractivity contribution in [2.45, 2.75) is 26.8 Å². The minimum absolute atomic E-state index is 0.0288. The van der Waals surface area contributed by atoms with Gasteiger partial charge in [-0.3, -0.25) is 19.6 Å². The van der Waals surface area contributed by atoms with Crippen LogP contribution in [-0.2, 0) is 4.79 Å². The molecular formula is C14H14BrFN4O3. The van der Waals surface area contributed by atoms with Crippen molar-refractivity contribution in [3.8, 4) is 0 Å². The number of carbonyl (C=O) groups excluding carboxylic acids is 1. The lowest BCUT2D eigenvalue weighted by atomic mass is 10.2. The summed E-state index contributed by atoms with van der Waals surface area (Å²) in [5.41, 5.74) is 0.397.